The standard InChI is InChI=1S/C6H6N4OS2/c11-6-10-4(2-12-6)1-7-5-8-3-9-13-5/h2-3H,1H2,(H,10,11)(H,7,8,9). The van der Waals surface area contributed by atoms with Crippen LogP contribution in [0.1, 0.15) is 5.69 Å². The fourth-order valence-electron chi connectivity index (χ4n) is 0.822. The molecule has 0 bridgehead atoms. The van der Waals surface area contributed by atoms with E-state index >= 15 is 0 Å². The third kappa shape index (κ3) is 2.13. The van der Waals surface area contributed by atoms with E-state index in [1.54, 1.807) is 5.38 Å². The zero-order valence-electron chi connectivity index (χ0n) is 6.48. The molecular weight excluding hydrogens is 208 g/mol. The summed E-state index contributed by atoms with van der Waals surface area (Å²) in [5, 5.41) is 5.58. The second kappa shape index (κ2) is 3.67. The molecule has 0 aliphatic rings. The predicted octanol–water partition coefficient (Wildman–Crippen LogP) is 0.900. The Morgan fingerprint density at radius 3 is 3.15 bits per heavy atom. The first-order chi connectivity index (χ1) is 6.34. The van der Waals surface area contributed by atoms with Crippen LogP contribution in [0.25, 0.3) is 0 Å². The highest BCUT2D eigenvalue weighted by atomic mass is 32.1. The molecule has 0 amide bonds. The fourth-order valence-corrected chi connectivity index (χ4v) is 1.83. The van der Waals surface area contributed by atoms with Crippen molar-refractivity contribution in [1.29, 1.82) is 0 Å². The van der Waals surface area contributed by atoms with Crippen LogP contribution in [0.15, 0.2) is 16.5 Å². The summed E-state index contributed by atoms with van der Waals surface area (Å²) in [6.45, 7) is 0.577. The molecule has 5 nitrogen and oxygen atoms in total. The summed E-state index contributed by atoms with van der Waals surface area (Å²) in [4.78, 5) is 17.4. The normalized spacial score (nSPS) is 10.2. The highest BCUT2D eigenvalue weighted by Gasteiger charge is 1.98. The summed E-state index contributed by atoms with van der Waals surface area (Å²) in [5.74, 6) is 0. The average molecular weight is 214 g/mol. The molecule has 0 fully saturated rings. The molecule has 0 aliphatic heterocycles. The van der Waals surface area contributed by atoms with Crippen molar-refractivity contribution in [1.82, 2.24) is 14.3 Å². The van der Waals surface area contributed by atoms with Gasteiger partial charge in [0.15, 0.2) is 0 Å². The van der Waals surface area contributed by atoms with E-state index in [-0.39, 0.29) is 4.87 Å². The number of nitrogens with one attached hydrogen (secondary N) is 2. The number of H-pyrrole nitrogens is 1. The molecule has 2 aromatic rings. The third-order valence-electron chi connectivity index (χ3n) is 1.36. The van der Waals surface area contributed by atoms with Crippen LogP contribution in [0.3, 0.4) is 0 Å². The van der Waals surface area contributed by atoms with Crippen molar-refractivity contribution in [2.24, 2.45) is 0 Å². The van der Waals surface area contributed by atoms with Gasteiger partial charge in [0.1, 0.15) is 6.33 Å². The lowest BCUT2D eigenvalue weighted by atomic mass is 10.5. The molecule has 0 aromatic carbocycles. The summed E-state index contributed by atoms with van der Waals surface area (Å²) >= 11 is 2.45. The molecule has 2 aromatic heterocycles. The van der Waals surface area contributed by atoms with Gasteiger partial charge in [-0.05, 0) is 0 Å². The van der Waals surface area contributed by atoms with Crippen LogP contribution in [-0.2, 0) is 6.54 Å². The van der Waals surface area contributed by atoms with Crippen LogP contribution < -0.4 is 10.2 Å². The van der Waals surface area contributed by atoms with Gasteiger partial charge in [0.25, 0.3) is 0 Å². The van der Waals surface area contributed by atoms with Crippen LogP contribution in [0.4, 0.5) is 5.13 Å². The Bertz CT molecular complexity index is 418. The Labute approximate surface area is 81.6 Å². The van der Waals surface area contributed by atoms with Crippen molar-refractivity contribution in [2.75, 3.05) is 5.32 Å². The van der Waals surface area contributed by atoms with Gasteiger partial charge in [-0.2, -0.15) is 4.37 Å². The van der Waals surface area contributed by atoms with Crippen LogP contribution in [0.5, 0.6) is 0 Å². The Kier molecular flexibility index (Phi) is 2.37. The predicted molar refractivity (Wildman–Crippen MR) is 52.2 cm³/mol. The van der Waals surface area contributed by atoms with Crippen LogP contribution in [0, 0.1) is 0 Å². The van der Waals surface area contributed by atoms with E-state index in [1.165, 1.54) is 17.9 Å². The van der Waals surface area contributed by atoms with Gasteiger partial charge in [-0.25, -0.2) is 4.98 Å². The molecule has 7 heteroatoms. The van der Waals surface area contributed by atoms with Crippen molar-refractivity contribution < 1.29 is 0 Å². The quantitative estimate of drug-likeness (QED) is 0.796. The molecule has 68 valence electrons. The molecule has 0 radical (unpaired) electrons. The van der Waals surface area contributed by atoms with Crippen LogP contribution in [0.2, 0.25) is 0 Å². The lowest BCUT2D eigenvalue weighted by Crippen LogP contribution is -2.02. The summed E-state index contributed by atoms with van der Waals surface area (Å²) < 4.78 is 3.84. The van der Waals surface area contributed by atoms with E-state index in [0.717, 1.165) is 22.2 Å². The third-order valence-corrected chi connectivity index (χ3v) is 2.70. The van der Waals surface area contributed by atoms with Gasteiger partial charge in [0, 0.05) is 22.6 Å². The Morgan fingerprint density at radius 2 is 2.54 bits per heavy atom. The Balaban J connectivity index is 1.97. The molecule has 2 rings (SSSR count). The molecule has 2 heterocycles. The fraction of sp³-hybridized carbons (Fsp3) is 0.167. The Hall–Kier alpha value is -1.21. The molecule has 0 aliphatic carbocycles. The summed E-state index contributed by atoms with van der Waals surface area (Å²) in [7, 11) is 0. The van der Waals surface area contributed by atoms with Crippen LogP contribution >= 0.6 is 22.9 Å². The average Bonchev–Trinajstić information content (AvgIpc) is 2.71. The summed E-state index contributed by atoms with van der Waals surface area (Å²) in [6, 6.07) is 0. The zero-order valence-corrected chi connectivity index (χ0v) is 8.11. The monoisotopic (exact) mass is 214 g/mol. The highest BCUT2D eigenvalue weighted by Crippen LogP contribution is 2.08. The number of hydrogen-bond donors (Lipinski definition) is 2. The molecule has 2 N–H and O–H groups in total. The molecule has 13 heavy (non-hydrogen) atoms. The van der Waals surface area contributed by atoms with Crippen molar-refractivity contribution in [3.8, 4) is 0 Å². The number of aromatic amines is 1. The summed E-state index contributed by atoms with van der Waals surface area (Å²) in [6.07, 6.45) is 1.49. The van der Waals surface area contributed by atoms with Crippen molar-refractivity contribution in [2.45, 2.75) is 6.54 Å². The maximum absolute atomic E-state index is 10.8. The number of nitrogens with zero attached hydrogens (tertiary/aromatic N) is 2. The number of hydrogen-bond acceptors (Lipinski definition) is 6. The van der Waals surface area contributed by atoms with E-state index in [1.807, 2.05) is 0 Å². The van der Waals surface area contributed by atoms with Gasteiger partial charge < -0.3 is 10.3 Å². The SMILES string of the molecule is O=c1[nH]c(CNc2ncns2)cs1. The van der Waals surface area contributed by atoms with Crippen molar-refractivity contribution >= 4 is 28.0 Å². The molecule has 0 unspecified atom stereocenters. The molecule has 0 atom stereocenters. The van der Waals surface area contributed by atoms with E-state index in [2.05, 4.69) is 19.7 Å². The largest absolute Gasteiger partial charge is 0.355 e. The highest BCUT2D eigenvalue weighted by molar-refractivity contribution is 7.09. The first kappa shape index (κ1) is 8.39. The number of rotatable bonds is 3. The topological polar surface area (TPSA) is 70.7 Å². The van der Waals surface area contributed by atoms with Gasteiger partial charge in [-0.1, -0.05) is 11.3 Å². The lowest BCUT2D eigenvalue weighted by molar-refractivity contribution is 1.05. The van der Waals surface area contributed by atoms with Gasteiger partial charge in [-0.3, -0.25) is 4.79 Å². The van der Waals surface area contributed by atoms with Crippen LogP contribution in [-0.4, -0.2) is 14.3 Å². The maximum atomic E-state index is 10.8. The number of thiazole rings is 1. The lowest BCUT2D eigenvalue weighted by Gasteiger charge is -1.96. The molecule has 0 saturated carbocycles. The first-order valence-corrected chi connectivity index (χ1v) is 5.17. The van der Waals surface area contributed by atoms with E-state index in [9.17, 15) is 4.79 Å². The molecule has 0 spiro atoms. The van der Waals surface area contributed by atoms with Gasteiger partial charge in [0.2, 0.25) is 5.13 Å². The van der Waals surface area contributed by atoms with E-state index in [4.69, 9.17) is 0 Å². The van der Waals surface area contributed by atoms with Gasteiger partial charge in [0.05, 0.1) is 6.54 Å². The van der Waals surface area contributed by atoms with Crippen molar-refractivity contribution in [3.63, 3.8) is 0 Å². The minimum absolute atomic E-state index is 0.0333. The second-order valence-corrected chi connectivity index (χ2v) is 3.90. The smallest absolute Gasteiger partial charge is 0.304 e. The summed E-state index contributed by atoms with van der Waals surface area (Å²) in [5.41, 5.74) is 0.866. The zero-order chi connectivity index (χ0) is 9.10. The Morgan fingerprint density at radius 1 is 1.62 bits per heavy atom. The number of anilines is 1. The second-order valence-electron chi connectivity index (χ2n) is 2.27. The number of aromatic nitrogens is 3. The maximum Gasteiger partial charge on any atom is 0.304 e. The molecular formula is C6H6N4OS2. The first-order valence-electron chi connectivity index (χ1n) is 3.52. The van der Waals surface area contributed by atoms with Gasteiger partial charge >= 0.3 is 4.87 Å². The minimum atomic E-state index is -0.0333. The van der Waals surface area contributed by atoms with Gasteiger partial charge in [-0.15, -0.1) is 0 Å². The molecule has 0 saturated heterocycles. The van der Waals surface area contributed by atoms with E-state index < -0.39 is 0 Å². The van der Waals surface area contributed by atoms with E-state index in [0.29, 0.717) is 6.54 Å². The van der Waals surface area contributed by atoms with Crippen molar-refractivity contribution in [3.05, 3.63) is 27.1 Å². The minimum Gasteiger partial charge on any atom is -0.355 e.